The van der Waals surface area contributed by atoms with Crippen LogP contribution in [0.5, 0.6) is 0 Å². The van der Waals surface area contributed by atoms with Crippen molar-refractivity contribution in [1.82, 2.24) is 25.4 Å². The molecule has 0 spiro atoms. The van der Waals surface area contributed by atoms with Crippen LogP contribution in [-0.4, -0.2) is 45.8 Å². The van der Waals surface area contributed by atoms with E-state index >= 15 is 0 Å². The monoisotopic (exact) mass is 313 g/mol. The number of likely N-dealkylation sites (tertiary alicyclic amines) is 1. The van der Waals surface area contributed by atoms with E-state index in [-0.39, 0.29) is 6.04 Å². The molecule has 0 saturated carbocycles. The maximum absolute atomic E-state index is 4.41. The smallest absolute Gasteiger partial charge is 0.167 e. The fraction of sp³-hybridized carbons (Fsp3) is 0.556. The van der Waals surface area contributed by atoms with Crippen molar-refractivity contribution >= 4 is 0 Å². The van der Waals surface area contributed by atoms with Crippen molar-refractivity contribution in [3.05, 3.63) is 47.5 Å². The fourth-order valence-corrected chi connectivity index (χ4v) is 3.24. The van der Waals surface area contributed by atoms with E-state index in [9.17, 15) is 0 Å². The SMILES string of the molecule is Cc1nc([C@@H](C)NC2CCN(CCc3ccccc3)CC2)n[nH]1. The molecule has 2 N–H and O–H groups in total. The van der Waals surface area contributed by atoms with Crippen molar-refractivity contribution in [1.29, 1.82) is 0 Å². The van der Waals surface area contributed by atoms with Crippen molar-refractivity contribution in [2.24, 2.45) is 0 Å². The van der Waals surface area contributed by atoms with Gasteiger partial charge < -0.3 is 10.2 Å². The van der Waals surface area contributed by atoms with Crippen molar-refractivity contribution in [2.45, 2.75) is 45.2 Å². The molecule has 23 heavy (non-hydrogen) atoms. The van der Waals surface area contributed by atoms with E-state index in [0.29, 0.717) is 6.04 Å². The molecule has 1 aliphatic rings. The molecule has 3 rings (SSSR count). The zero-order valence-electron chi connectivity index (χ0n) is 14.1. The van der Waals surface area contributed by atoms with Gasteiger partial charge >= 0.3 is 0 Å². The van der Waals surface area contributed by atoms with Gasteiger partial charge in [0.25, 0.3) is 0 Å². The lowest BCUT2D eigenvalue weighted by Crippen LogP contribution is -2.44. The van der Waals surface area contributed by atoms with Crippen molar-refractivity contribution in [3.8, 4) is 0 Å². The number of aromatic amines is 1. The number of rotatable bonds is 6. The van der Waals surface area contributed by atoms with Crippen molar-refractivity contribution < 1.29 is 0 Å². The quantitative estimate of drug-likeness (QED) is 0.860. The second-order valence-electron chi connectivity index (χ2n) is 6.52. The molecule has 0 unspecified atom stereocenters. The number of nitrogens with one attached hydrogen (secondary N) is 2. The Balaban J connectivity index is 1.40. The van der Waals surface area contributed by atoms with Gasteiger partial charge in [0.05, 0.1) is 6.04 Å². The second kappa shape index (κ2) is 7.70. The number of benzene rings is 1. The van der Waals surface area contributed by atoms with Crippen LogP contribution in [0, 0.1) is 6.92 Å². The predicted molar refractivity (Wildman–Crippen MR) is 92.3 cm³/mol. The minimum Gasteiger partial charge on any atom is -0.305 e. The topological polar surface area (TPSA) is 56.8 Å². The van der Waals surface area contributed by atoms with E-state index in [0.717, 1.165) is 24.6 Å². The second-order valence-corrected chi connectivity index (χ2v) is 6.52. The largest absolute Gasteiger partial charge is 0.305 e. The van der Waals surface area contributed by atoms with E-state index in [1.807, 2.05) is 6.92 Å². The first-order valence-corrected chi connectivity index (χ1v) is 8.62. The molecule has 0 aliphatic carbocycles. The highest BCUT2D eigenvalue weighted by molar-refractivity contribution is 5.14. The summed E-state index contributed by atoms with van der Waals surface area (Å²) >= 11 is 0. The van der Waals surface area contributed by atoms with Crippen molar-refractivity contribution in [3.63, 3.8) is 0 Å². The summed E-state index contributed by atoms with van der Waals surface area (Å²) < 4.78 is 0. The fourth-order valence-electron chi connectivity index (χ4n) is 3.24. The molecule has 1 atom stereocenters. The number of nitrogens with zero attached hydrogens (tertiary/aromatic N) is 3. The summed E-state index contributed by atoms with van der Waals surface area (Å²) in [5, 5.41) is 10.8. The summed E-state index contributed by atoms with van der Waals surface area (Å²) in [5.41, 5.74) is 1.43. The van der Waals surface area contributed by atoms with E-state index in [1.165, 1.54) is 31.5 Å². The Bertz CT molecular complexity index is 586. The normalized spacial score (nSPS) is 18.2. The molecular weight excluding hydrogens is 286 g/mol. The molecule has 1 aromatic heterocycles. The number of H-pyrrole nitrogens is 1. The van der Waals surface area contributed by atoms with Crippen LogP contribution < -0.4 is 5.32 Å². The van der Waals surface area contributed by atoms with Crippen LogP contribution in [-0.2, 0) is 6.42 Å². The van der Waals surface area contributed by atoms with Crippen LogP contribution in [0.2, 0.25) is 0 Å². The maximum atomic E-state index is 4.41. The first-order valence-electron chi connectivity index (χ1n) is 8.62. The lowest BCUT2D eigenvalue weighted by Gasteiger charge is -2.33. The molecule has 2 heterocycles. The number of aromatic nitrogens is 3. The molecule has 0 amide bonds. The predicted octanol–water partition coefficient (Wildman–Crippen LogP) is 2.47. The van der Waals surface area contributed by atoms with Crippen LogP contribution in [0.1, 0.15) is 43.0 Å². The lowest BCUT2D eigenvalue weighted by molar-refractivity contribution is 0.193. The number of aryl methyl sites for hydroxylation is 1. The molecule has 5 nitrogen and oxygen atoms in total. The number of hydrogen-bond donors (Lipinski definition) is 2. The van der Waals surface area contributed by atoms with E-state index < -0.39 is 0 Å². The van der Waals surface area contributed by atoms with Crippen LogP contribution in [0.25, 0.3) is 0 Å². The molecule has 5 heteroatoms. The molecule has 1 fully saturated rings. The van der Waals surface area contributed by atoms with Gasteiger partial charge in [0.2, 0.25) is 0 Å². The Hall–Kier alpha value is -1.72. The Kier molecular flexibility index (Phi) is 5.41. The van der Waals surface area contributed by atoms with E-state index in [4.69, 9.17) is 0 Å². The average Bonchev–Trinajstić information content (AvgIpc) is 3.02. The molecule has 2 aromatic rings. The maximum Gasteiger partial charge on any atom is 0.167 e. The molecular formula is C18H27N5. The summed E-state index contributed by atoms with van der Waals surface area (Å²) in [7, 11) is 0. The van der Waals surface area contributed by atoms with Crippen LogP contribution in [0.4, 0.5) is 0 Å². The van der Waals surface area contributed by atoms with Gasteiger partial charge in [0.15, 0.2) is 5.82 Å². The van der Waals surface area contributed by atoms with E-state index in [1.54, 1.807) is 0 Å². The Morgan fingerprint density at radius 3 is 2.65 bits per heavy atom. The molecule has 124 valence electrons. The number of piperidine rings is 1. The van der Waals surface area contributed by atoms with E-state index in [2.05, 4.69) is 62.7 Å². The average molecular weight is 313 g/mol. The van der Waals surface area contributed by atoms with Crippen LogP contribution >= 0.6 is 0 Å². The summed E-state index contributed by atoms with van der Waals surface area (Å²) in [6.45, 7) is 7.58. The Morgan fingerprint density at radius 1 is 1.26 bits per heavy atom. The minimum absolute atomic E-state index is 0.209. The highest BCUT2D eigenvalue weighted by Crippen LogP contribution is 2.15. The number of hydrogen-bond acceptors (Lipinski definition) is 4. The molecule has 1 aliphatic heterocycles. The van der Waals surface area contributed by atoms with Crippen LogP contribution in [0.3, 0.4) is 0 Å². The van der Waals surface area contributed by atoms with Gasteiger partial charge in [-0.3, -0.25) is 5.10 Å². The summed E-state index contributed by atoms with van der Waals surface area (Å²) in [5.74, 6) is 1.75. The van der Waals surface area contributed by atoms with Crippen LogP contribution in [0.15, 0.2) is 30.3 Å². The van der Waals surface area contributed by atoms with Crippen molar-refractivity contribution in [2.75, 3.05) is 19.6 Å². The molecule has 1 saturated heterocycles. The van der Waals surface area contributed by atoms with Gasteiger partial charge in [-0.25, -0.2) is 4.98 Å². The first kappa shape index (κ1) is 16.1. The zero-order chi connectivity index (χ0) is 16.1. The van der Waals surface area contributed by atoms with Gasteiger partial charge in [-0.15, -0.1) is 0 Å². The third-order valence-electron chi connectivity index (χ3n) is 4.63. The minimum atomic E-state index is 0.209. The molecule has 0 bridgehead atoms. The van der Waals surface area contributed by atoms with Gasteiger partial charge in [0, 0.05) is 12.6 Å². The highest BCUT2D eigenvalue weighted by atomic mass is 15.2. The third kappa shape index (κ3) is 4.62. The summed E-state index contributed by atoms with van der Waals surface area (Å²) in [6, 6.07) is 11.5. The zero-order valence-corrected chi connectivity index (χ0v) is 14.1. The highest BCUT2D eigenvalue weighted by Gasteiger charge is 2.21. The summed E-state index contributed by atoms with van der Waals surface area (Å²) in [4.78, 5) is 6.99. The van der Waals surface area contributed by atoms with Gasteiger partial charge in [-0.2, -0.15) is 5.10 Å². The van der Waals surface area contributed by atoms with Gasteiger partial charge in [-0.1, -0.05) is 30.3 Å². The Labute approximate surface area is 138 Å². The first-order chi connectivity index (χ1) is 11.2. The third-order valence-corrected chi connectivity index (χ3v) is 4.63. The standard InChI is InChI=1S/C18H27N5/c1-14(18-20-15(2)21-22-18)19-17-9-12-23(13-10-17)11-8-16-6-4-3-5-7-16/h3-7,14,17,19H,8-13H2,1-2H3,(H,20,21,22)/t14-/m1/s1. The molecule has 0 radical (unpaired) electrons. The lowest BCUT2D eigenvalue weighted by atomic mass is 10.0. The van der Waals surface area contributed by atoms with Gasteiger partial charge in [0.1, 0.15) is 5.82 Å². The van der Waals surface area contributed by atoms with Gasteiger partial charge in [-0.05, 0) is 51.8 Å². The molecule has 1 aromatic carbocycles. The Morgan fingerprint density at radius 2 is 2.00 bits per heavy atom. The summed E-state index contributed by atoms with van der Waals surface area (Å²) in [6.07, 6.45) is 3.54.